The maximum atomic E-state index is 12.2. The molecule has 26 heavy (non-hydrogen) atoms. The summed E-state index contributed by atoms with van der Waals surface area (Å²) in [4.78, 5) is 42.4. The maximum absolute atomic E-state index is 12.2. The highest BCUT2D eigenvalue weighted by atomic mass is 16.4. The molecule has 0 atom stereocenters. The van der Waals surface area contributed by atoms with Crippen molar-refractivity contribution < 1.29 is 19.5 Å². The lowest BCUT2D eigenvalue weighted by Crippen LogP contribution is -2.37. The average Bonchev–Trinajstić information content (AvgIpc) is 2.60. The van der Waals surface area contributed by atoms with Crippen LogP contribution in [0.25, 0.3) is 0 Å². The molecule has 0 aliphatic heterocycles. The SMILES string of the molecule is CCN(CC)C(=O)CCN(CCNC(C)=O)Cc1cc(C(=O)O)ccn1. The predicted octanol–water partition coefficient (Wildman–Crippen LogP) is 0.976. The Morgan fingerprint density at radius 1 is 1.19 bits per heavy atom. The van der Waals surface area contributed by atoms with E-state index in [9.17, 15) is 14.4 Å². The summed E-state index contributed by atoms with van der Waals surface area (Å²) in [5.74, 6) is -1.04. The Morgan fingerprint density at radius 3 is 2.46 bits per heavy atom. The van der Waals surface area contributed by atoms with Crippen molar-refractivity contribution in [2.24, 2.45) is 0 Å². The molecule has 0 saturated heterocycles. The van der Waals surface area contributed by atoms with Gasteiger partial charge in [0, 0.05) is 58.8 Å². The van der Waals surface area contributed by atoms with E-state index in [1.54, 1.807) is 4.90 Å². The van der Waals surface area contributed by atoms with Gasteiger partial charge in [-0.1, -0.05) is 0 Å². The molecule has 1 aromatic heterocycles. The molecule has 0 spiro atoms. The summed E-state index contributed by atoms with van der Waals surface area (Å²) in [5.41, 5.74) is 0.791. The summed E-state index contributed by atoms with van der Waals surface area (Å²) in [5, 5.41) is 11.8. The van der Waals surface area contributed by atoms with E-state index in [1.165, 1.54) is 25.3 Å². The van der Waals surface area contributed by atoms with Gasteiger partial charge in [-0.3, -0.25) is 19.5 Å². The van der Waals surface area contributed by atoms with Crippen molar-refractivity contribution in [1.29, 1.82) is 0 Å². The number of amides is 2. The zero-order valence-corrected chi connectivity index (χ0v) is 15.7. The number of hydrogen-bond donors (Lipinski definition) is 2. The van der Waals surface area contributed by atoms with Crippen molar-refractivity contribution in [3.63, 3.8) is 0 Å². The topological polar surface area (TPSA) is 103 Å². The highest BCUT2D eigenvalue weighted by molar-refractivity contribution is 5.87. The van der Waals surface area contributed by atoms with Gasteiger partial charge in [-0.25, -0.2) is 4.79 Å². The summed E-state index contributed by atoms with van der Waals surface area (Å²) < 4.78 is 0. The third-order valence-corrected chi connectivity index (χ3v) is 4.01. The number of rotatable bonds is 11. The molecule has 0 aliphatic carbocycles. The average molecular weight is 364 g/mol. The van der Waals surface area contributed by atoms with Crippen LogP contribution in [0, 0.1) is 0 Å². The minimum absolute atomic E-state index is 0.0757. The number of aromatic carboxylic acids is 1. The molecule has 1 aromatic rings. The zero-order valence-electron chi connectivity index (χ0n) is 15.7. The summed E-state index contributed by atoms with van der Waals surface area (Å²) in [6.45, 7) is 8.59. The Labute approximate surface area is 154 Å². The van der Waals surface area contributed by atoms with Crippen molar-refractivity contribution in [3.8, 4) is 0 Å². The molecule has 1 rings (SSSR count). The van der Waals surface area contributed by atoms with E-state index in [0.29, 0.717) is 51.4 Å². The lowest BCUT2D eigenvalue weighted by atomic mass is 10.2. The number of nitrogens with zero attached hydrogens (tertiary/aromatic N) is 3. The molecule has 2 N–H and O–H groups in total. The second-order valence-corrected chi connectivity index (χ2v) is 5.92. The number of carboxylic acids is 1. The maximum Gasteiger partial charge on any atom is 0.335 e. The van der Waals surface area contributed by atoms with Crippen LogP contribution in [0.2, 0.25) is 0 Å². The molecule has 0 bridgehead atoms. The molecule has 0 aromatic carbocycles. The van der Waals surface area contributed by atoms with Gasteiger partial charge in [-0.15, -0.1) is 0 Å². The van der Waals surface area contributed by atoms with Gasteiger partial charge in [0.25, 0.3) is 0 Å². The van der Waals surface area contributed by atoms with E-state index >= 15 is 0 Å². The van der Waals surface area contributed by atoms with Gasteiger partial charge >= 0.3 is 5.97 Å². The van der Waals surface area contributed by atoms with Crippen molar-refractivity contribution in [3.05, 3.63) is 29.6 Å². The van der Waals surface area contributed by atoms with Gasteiger partial charge in [0.05, 0.1) is 11.3 Å². The van der Waals surface area contributed by atoms with Crippen LogP contribution in [0.3, 0.4) is 0 Å². The van der Waals surface area contributed by atoms with Gasteiger partial charge in [0.1, 0.15) is 0 Å². The number of aromatic nitrogens is 1. The molecule has 8 nitrogen and oxygen atoms in total. The first-order valence-corrected chi connectivity index (χ1v) is 8.80. The van der Waals surface area contributed by atoms with Crippen molar-refractivity contribution in [2.75, 3.05) is 32.7 Å². The number of carbonyl (C=O) groups excluding carboxylic acids is 2. The standard InChI is InChI=1S/C18H28N4O4/c1-4-22(5-2)17(24)7-10-21(11-9-19-14(3)23)13-16-12-15(18(25)26)6-8-20-16/h6,8,12H,4-5,7,9-11,13H2,1-3H3,(H,19,23)(H,25,26). The first kappa shape index (κ1) is 21.6. The van der Waals surface area contributed by atoms with Crippen LogP contribution in [0.15, 0.2) is 18.3 Å². The summed E-state index contributed by atoms with van der Waals surface area (Å²) in [6, 6.07) is 2.97. The minimum Gasteiger partial charge on any atom is -0.478 e. The monoisotopic (exact) mass is 364 g/mol. The van der Waals surface area contributed by atoms with Crippen LogP contribution >= 0.6 is 0 Å². The lowest BCUT2D eigenvalue weighted by molar-refractivity contribution is -0.131. The molecule has 8 heteroatoms. The normalized spacial score (nSPS) is 10.6. The van der Waals surface area contributed by atoms with Crippen molar-refractivity contribution in [2.45, 2.75) is 33.7 Å². The molecule has 2 amide bonds. The predicted molar refractivity (Wildman–Crippen MR) is 97.7 cm³/mol. The number of carboxylic acid groups (broad SMARTS) is 1. The van der Waals surface area contributed by atoms with E-state index in [0.717, 1.165) is 0 Å². The molecule has 1 heterocycles. The fourth-order valence-electron chi connectivity index (χ4n) is 2.57. The quantitative estimate of drug-likeness (QED) is 0.607. The van der Waals surface area contributed by atoms with E-state index in [1.807, 2.05) is 18.7 Å². The van der Waals surface area contributed by atoms with Crippen LogP contribution < -0.4 is 5.32 Å². The Balaban J connectivity index is 2.74. The van der Waals surface area contributed by atoms with Crippen LogP contribution in [0.5, 0.6) is 0 Å². The first-order chi connectivity index (χ1) is 12.4. The van der Waals surface area contributed by atoms with Gasteiger partial charge in [0.15, 0.2) is 0 Å². The van der Waals surface area contributed by atoms with E-state index in [-0.39, 0.29) is 17.4 Å². The molecule has 0 saturated carbocycles. The van der Waals surface area contributed by atoms with Gasteiger partial charge in [-0.2, -0.15) is 0 Å². The molecular formula is C18H28N4O4. The van der Waals surface area contributed by atoms with E-state index in [4.69, 9.17) is 5.11 Å². The molecule has 0 fully saturated rings. The van der Waals surface area contributed by atoms with Crippen molar-refractivity contribution in [1.82, 2.24) is 20.1 Å². The summed E-state index contributed by atoms with van der Waals surface area (Å²) in [6.07, 6.45) is 1.83. The minimum atomic E-state index is -1.00. The number of hydrogen-bond acceptors (Lipinski definition) is 5. The third kappa shape index (κ3) is 7.60. The number of pyridine rings is 1. The highest BCUT2D eigenvalue weighted by Crippen LogP contribution is 2.07. The van der Waals surface area contributed by atoms with Crippen molar-refractivity contribution >= 4 is 17.8 Å². The molecule has 0 aliphatic rings. The third-order valence-electron chi connectivity index (χ3n) is 4.01. The second kappa shape index (κ2) is 11.2. The first-order valence-electron chi connectivity index (χ1n) is 8.80. The fraction of sp³-hybridized carbons (Fsp3) is 0.556. The molecular weight excluding hydrogens is 336 g/mol. The Kier molecular flexibility index (Phi) is 9.29. The zero-order chi connectivity index (χ0) is 19.5. The summed E-state index contributed by atoms with van der Waals surface area (Å²) in [7, 11) is 0. The largest absolute Gasteiger partial charge is 0.478 e. The van der Waals surface area contributed by atoms with Gasteiger partial charge in [0.2, 0.25) is 11.8 Å². The Bertz CT molecular complexity index is 617. The highest BCUT2D eigenvalue weighted by Gasteiger charge is 2.14. The van der Waals surface area contributed by atoms with E-state index in [2.05, 4.69) is 10.3 Å². The van der Waals surface area contributed by atoms with Crippen LogP contribution in [-0.4, -0.2) is 70.4 Å². The molecule has 0 radical (unpaired) electrons. The fourth-order valence-corrected chi connectivity index (χ4v) is 2.57. The van der Waals surface area contributed by atoms with Crippen LogP contribution in [0.1, 0.15) is 43.2 Å². The molecule has 0 unspecified atom stereocenters. The Morgan fingerprint density at radius 2 is 1.88 bits per heavy atom. The summed E-state index contributed by atoms with van der Waals surface area (Å²) >= 11 is 0. The Hall–Kier alpha value is -2.48. The van der Waals surface area contributed by atoms with Gasteiger partial charge < -0.3 is 15.3 Å². The number of carbonyl (C=O) groups is 3. The second-order valence-electron chi connectivity index (χ2n) is 5.92. The van der Waals surface area contributed by atoms with Crippen LogP contribution in [0.4, 0.5) is 0 Å². The van der Waals surface area contributed by atoms with Gasteiger partial charge in [-0.05, 0) is 26.0 Å². The van der Waals surface area contributed by atoms with E-state index < -0.39 is 5.97 Å². The smallest absolute Gasteiger partial charge is 0.335 e. The van der Waals surface area contributed by atoms with Crippen LogP contribution in [-0.2, 0) is 16.1 Å². The molecule has 144 valence electrons. The lowest BCUT2D eigenvalue weighted by Gasteiger charge is -2.24. The number of nitrogens with one attached hydrogen (secondary N) is 1.